The number of nitrogens with zero attached hydrogens (tertiary/aromatic N) is 1. The van der Waals surface area contributed by atoms with Crippen LogP contribution in [0.5, 0.6) is 0 Å². The molecule has 0 bridgehead atoms. The van der Waals surface area contributed by atoms with Crippen molar-refractivity contribution < 1.29 is 9.59 Å². The first-order chi connectivity index (χ1) is 3.29. The van der Waals surface area contributed by atoms with E-state index < -0.39 is 11.8 Å². The zero-order chi connectivity index (χ0) is 5.28. The van der Waals surface area contributed by atoms with Gasteiger partial charge in [-0.05, 0) is 0 Å². The van der Waals surface area contributed by atoms with Gasteiger partial charge in [-0.3, -0.25) is 9.59 Å². The van der Waals surface area contributed by atoms with E-state index in [4.69, 9.17) is 0 Å². The van der Waals surface area contributed by atoms with Crippen molar-refractivity contribution in [3.63, 3.8) is 0 Å². The van der Waals surface area contributed by atoms with Crippen molar-refractivity contribution in [2.45, 2.75) is 0 Å². The molecule has 0 spiro atoms. The number of carbonyl (C=O) groups excluding carboxylic acids is 2. The Morgan fingerprint density at radius 3 is 1.71 bits per heavy atom. The summed E-state index contributed by atoms with van der Waals surface area (Å²) in [6.07, 6.45) is 2.28. The second-order valence-electron chi connectivity index (χ2n) is 1.12. The fourth-order valence-electron chi connectivity index (χ4n) is 0.326. The molecule has 2 amide bonds. The Hall–Kier alpha value is -1.12. The SMILES string of the molecule is O=C1C=CC(=O)[N]1. The number of hydrogen-bond acceptors (Lipinski definition) is 2. The van der Waals surface area contributed by atoms with Crippen LogP contribution in [0, 0.1) is 0 Å². The second-order valence-corrected chi connectivity index (χ2v) is 1.12. The van der Waals surface area contributed by atoms with Gasteiger partial charge in [0.1, 0.15) is 0 Å². The van der Waals surface area contributed by atoms with Crippen LogP contribution in [-0.2, 0) is 9.59 Å². The Kier molecular flexibility index (Phi) is 0.685. The fourth-order valence-corrected chi connectivity index (χ4v) is 0.326. The van der Waals surface area contributed by atoms with E-state index in [-0.39, 0.29) is 0 Å². The van der Waals surface area contributed by atoms with E-state index in [1.54, 1.807) is 0 Å². The topological polar surface area (TPSA) is 48.2 Å². The lowest BCUT2D eigenvalue weighted by atomic mass is 10.6. The second kappa shape index (κ2) is 1.18. The molecule has 0 unspecified atom stereocenters. The Bertz CT molecular complexity index is 132. The van der Waals surface area contributed by atoms with Crippen molar-refractivity contribution in [2.75, 3.05) is 0 Å². The zero-order valence-corrected chi connectivity index (χ0v) is 3.42. The van der Waals surface area contributed by atoms with Crippen molar-refractivity contribution in [3.05, 3.63) is 12.2 Å². The summed E-state index contributed by atoms with van der Waals surface area (Å²) in [5.74, 6) is -0.907. The highest BCUT2D eigenvalue weighted by molar-refractivity contribution is 6.12. The highest BCUT2D eigenvalue weighted by atomic mass is 16.2. The van der Waals surface area contributed by atoms with Crippen LogP contribution < -0.4 is 5.32 Å². The molecule has 3 nitrogen and oxygen atoms in total. The number of carbonyl (C=O) groups is 2. The largest absolute Gasteiger partial charge is 0.273 e. The molecule has 0 N–H and O–H groups in total. The van der Waals surface area contributed by atoms with E-state index in [0.717, 1.165) is 12.2 Å². The molecule has 7 heavy (non-hydrogen) atoms. The molecule has 0 aromatic carbocycles. The minimum atomic E-state index is -0.454. The zero-order valence-electron chi connectivity index (χ0n) is 3.42. The summed E-state index contributed by atoms with van der Waals surface area (Å²) in [6, 6.07) is 0. The van der Waals surface area contributed by atoms with Crippen molar-refractivity contribution in [1.82, 2.24) is 5.32 Å². The summed E-state index contributed by atoms with van der Waals surface area (Å²) in [7, 11) is 0. The smallest absolute Gasteiger partial charge is 0.267 e. The normalized spacial score (nSPS) is 17.7. The van der Waals surface area contributed by atoms with Gasteiger partial charge in [0.2, 0.25) is 0 Å². The van der Waals surface area contributed by atoms with Gasteiger partial charge in [0.15, 0.2) is 0 Å². The first kappa shape index (κ1) is 4.05. The molecule has 3 heteroatoms. The molecule has 0 aromatic heterocycles. The molecular weight excluding hydrogens is 94.0 g/mol. The molecule has 1 rings (SSSR count). The Morgan fingerprint density at radius 1 is 1.14 bits per heavy atom. The van der Waals surface area contributed by atoms with Gasteiger partial charge in [-0.2, -0.15) is 5.32 Å². The average Bonchev–Trinajstić information content (AvgIpc) is 1.87. The molecule has 0 atom stereocenters. The van der Waals surface area contributed by atoms with Crippen molar-refractivity contribution in [2.24, 2.45) is 0 Å². The highest BCUT2D eigenvalue weighted by Gasteiger charge is 2.10. The maximum absolute atomic E-state index is 9.98. The summed E-state index contributed by atoms with van der Waals surface area (Å²) in [5, 5.41) is 3.00. The van der Waals surface area contributed by atoms with E-state index in [0.29, 0.717) is 0 Å². The van der Waals surface area contributed by atoms with Crippen LogP contribution in [0.15, 0.2) is 12.2 Å². The molecule has 0 aliphatic carbocycles. The third kappa shape index (κ3) is 0.652. The Labute approximate surface area is 40.0 Å². The van der Waals surface area contributed by atoms with Crippen LogP contribution in [0.1, 0.15) is 0 Å². The van der Waals surface area contributed by atoms with Gasteiger partial charge in [-0.15, -0.1) is 0 Å². The molecule has 1 heterocycles. The Morgan fingerprint density at radius 2 is 1.57 bits per heavy atom. The molecule has 1 radical (unpaired) electrons. The van der Waals surface area contributed by atoms with Gasteiger partial charge in [0, 0.05) is 12.2 Å². The van der Waals surface area contributed by atoms with Crippen LogP contribution >= 0.6 is 0 Å². The molecule has 0 fully saturated rings. The van der Waals surface area contributed by atoms with Gasteiger partial charge in [0.05, 0.1) is 0 Å². The van der Waals surface area contributed by atoms with Gasteiger partial charge >= 0.3 is 0 Å². The van der Waals surface area contributed by atoms with Gasteiger partial charge in [-0.25, -0.2) is 0 Å². The van der Waals surface area contributed by atoms with Crippen LogP contribution in [0.25, 0.3) is 0 Å². The molecule has 0 saturated heterocycles. The third-order valence-corrected chi connectivity index (χ3v) is 0.589. The lowest BCUT2D eigenvalue weighted by molar-refractivity contribution is -0.123. The predicted octanol–water partition coefficient (Wildman–Crippen LogP) is -0.786. The summed E-state index contributed by atoms with van der Waals surface area (Å²) < 4.78 is 0. The monoisotopic (exact) mass is 96.0 g/mol. The standard InChI is InChI=1S/C4H2NO2/c6-3-1-2-4(7)5-3/h1-2H. The van der Waals surface area contributed by atoms with Crippen LogP contribution in [-0.4, -0.2) is 11.8 Å². The van der Waals surface area contributed by atoms with E-state index in [2.05, 4.69) is 5.32 Å². The molecule has 1 aliphatic heterocycles. The van der Waals surface area contributed by atoms with Crippen molar-refractivity contribution in [3.8, 4) is 0 Å². The van der Waals surface area contributed by atoms with E-state index in [9.17, 15) is 9.59 Å². The van der Waals surface area contributed by atoms with Gasteiger partial charge < -0.3 is 0 Å². The third-order valence-electron chi connectivity index (χ3n) is 0.589. The average molecular weight is 96.1 g/mol. The maximum atomic E-state index is 9.98. The molecule has 0 aromatic rings. The van der Waals surface area contributed by atoms with E-state index in [1.165, 1.54) is 0 Å². The number of rotatable bonds is 0. The summed E-state index contributed by atoms with van der Waals surface area (Å²) in [4.78, 5) is 20.0. The van der Waals surface area contributed by atoms with Crippen molar-refractivity contribution in [1.29, 1.82) is 0 Å². The molecular formula is C4H2NO2. The molecule has 0 saturated carbocycles. The van der Waals surface area contributed by atoms with Gasteiger partial charge in [0.25, 0.3) is 11.8 Å². The maximum Gasteiger partial charge on any atom is 0.273 e. The summed E-state index contributed by atoms with van der Waals surface area (Å²) >= 11 is 0. The first-order valence-electron chi connectivity index (χ1n) is 1.77. The van der Waals surface area contributed by atoms with Crippen LogP contribution in [0.2, 0.25) is 0 Å². The molecule has 1 aliphatic rings. The number of imide groups is 1. The number of hydrogen-bond donors (Lipinski definition) is 0. The van der Waals surface area contributed by atoms with Crippen molar-refractivity contribution >= 4 is 11.8 Å². The van der Waals surface area contributed by atoms with Gasteiger partial charge in [-0.1, -0.05) is 0 Å². The quantitative estimate of drug-likeness (QED) is 0.371. The predicted molar refractivity (Wildman–Crippen MR) is 21.3 cm³/mol. The summed E-state index contributed by atoms with van der Waals surface area (Å²) in [5.41, 5.74) is 0. The van der Waals surface area contributed by atoms with E-state index >= 15 is 0 Å². The van der Waals surface area contributed by atoms with E-state index in [1.807, 2.05) is 0 Å². The first-order valence-corrected chi connectivity index (χ1v) is 1.77. The molecule has 35 valence electrons. The van der Waals surface area contributed by atoms with Crippen LogP contribution in [0.4, 0.5) is 0 Å². The number of amides is 2. The lowest BCUT2D eigenvalue weighted by Crippen LogP contribution is -2.10. The Balaban J connectivity index is 2.76. The minimum absolute atomic E-state index is 0.454. The van der Waals surface area contributed by atoms with Crippen LogP contribution in [0.3, 0.4) is 0 Å². The minimum Gasteiger partial charge on any atom is -0.267 e. The lowest BCUT2D eigenvalue weighted by Gasteiger charge is -1.74. The highest BCUT2D eigenvalue weighted by Crippen LogP contribution is 1.85. The fraction of sp³-hybridized carbons (Fsp3) is 0. The summed E-state index contributed by atoms with van der Waals surface area (Å²) in [6.45, 7) is 0.